The van der Waals surface area contributed by atoms with Gasteiger partial charge in [0.15, 0.2) is 17.7 Å². The van der Waals surface area contributed by atoms with Crippen LogP contribution in [0.5, 0.6) is 11.5 Å². The molecule has 9 heteroatoms. The van der Waals surface area contributed by atoms with Crippen LogP contribution in [0.4, 0.5) is 0 Å². The number of aliphatic hydroxyl groups excluding tert-OH is 2. The molecule has 1 fully saturated rings. The quantitative estimate of drug-likeness (QED) is 0.101. The lowest BCUT2D eigenvalue weighted by atomic mass is 9.68. The largest absolute Gasteiger partial charge is 0.465 e. The second kappa shape index (κ2) is 14.6. The third kappa shape index (κ3) is 6.50. The number of aromatic nitrogens is 2. The number of ketones is 1. The van der Waals surface area contributed by atoms with E-state index in [9.17, 15) is 15.0 Å². The number of aliphatic hydroxyl groups is 2. The Balaban J connectivity index is 1.03. The van der Waals surface area contributed by atoms with E-state index in [4.69, 9.17) is 15.2 Å². The van der Waals surface area contributed by atoms with E-state index in [1.807, 2.05) is 24.3 Å². The summed E-state index contributed by atoms with van der Waals surface area (Å²) in [5.41, 5.74) is 13.7. The molecule has 3 aliphatic carbocycles. The normalized spacial score (nSPS) is 29.6. The Hall–Kier alpha value is -4.77. The first-order chi connectivity index (χ1) is 27.7. The molecule has 1 saturated carbocycles. The van der Waals surface area contributed by atoms with Crippen LogP contribution in [0.1, 0.15) is 135 Å². The number of Topliss-reactive ketones (excluding diaryl/α,β-unsaturated/α-hetero) is 1. The lowest BCUT2D eigenvalue weighted by Gasteiger charge is -2.40. The Morgan fingerprint density at radius 1 is 1.02 bits per heavy atom. The van der Waals surface area contributed by atoms with Gasteiger partial charge >= 0.3 is 0 Å². The number of hydrogen-bond donors (Lipinski definition) is 5. The molecule has 0 radical (unpaired) electrons. The van der Waals surface area contributed by atoms with Crippen LogP contribution in [0.3, 0.4) is 0 Å². The number of nitrogens with two attached hydrogens (primary N) is 1. The molecule has 57 heavy (non-hydrogen) atoms. The van der Waals surface area contributed by atoms with Gasteiger partial charge in [0.05, 0.1) is 29.1 Å². The number of carbonyl (C=O) groups excluding carboxylic acids is 1. The van der Waals surface area contributed by atoms with Gasteiger partial charge in [-0.1, -0.05) is 67.9 Å². The molecule has 9 nitrogen and oxygen atoms in total. The fourth-order valence-corrected chi connectivity index (χ4v) is 10.9. The Morgan fingerprint density at radius 2 is 1.88 bits per heavy atom. The molecule has 6 N–H and O–H groups in total. The maximum atomic E-state index is 13.1. The first kappa shape index (κ1) is 36.6. The van der Waals surface area contributed by atoms with Crippen LogP contribution in [-0.2, 0) is 11.2 Å². The Labute approximate surface area is 334 Å². The van der Waals surface area contributed by atoms with Crippen molar-refractivity contribution in [3.05, 3.63) is 94.5 Å². The van der Waals surface area contributed by atoms with E-state index in [2.05, 4.69) is 82.5 Å². The molecule has 2 aromatic carbocycles. The Kier molecular flexibility index (Phi) is 9.34. The zero-order valence-electron chi connectivity index (χ0n) is 32.6. The third-order valence-electron chi connectivity index (χ3n) is 14.1. The Bertz CT molecular complexity index is 2380. The van der Waals surface area contributed by atoms with Crippen LogP contribution >= 0.6 is 0 Å². The van der Waals surface area contributed by atoms with Gasteiger partial charge in [0.25, 0.3) is 0 Å². The molecule has 0 saturated heterocycles. The minimum atomic E-state index is -1.01. The van der Waals surface area contributed by atoms with E-state index in [1.165, 1.54) is 16.7 Å². The van der Waals surface area contributed by atoms with E-state index in [1.54, 1.807) is 0 Å². The highest BCUT2D eigenvalue weighted by Crippen LogP contribution is 2.53. The monoisotopic (exact) mass is 764 g/mol. The number of fused-ring (bicyclic) bond motifs is 6. The number of aryl methyl sites for hydroxylation is 1. The topological polar surface area (TPSA) is 135 Å². The van der Waals surface area contributed by atoms with E-state index in [0.717, 1.165) is 85.5 Å². The highest BCUT2D eigenvalue weighted by atomic mass is 16.5. The van der Waals surface area contributed by atoms with Crippen LogP contribution < -0.4 is 20.5 Å². The number of allylic oxidation sites excluding steroid dienone is 1. The summed E-state index contributed by atoms with van der Waals surface area (Å²) in [4.78, 5) is 16.7. The van der Waals surface area contributed by atoms with Gasteiger partial charge in [-0.25, -0.2) is 0 Å². The summed E-state index contributed by atoms with van der Waals surface area (Å²) in [6, 6.07) is 9.95. The average molecular weight is 765 g/mol. The van der Waals surface area contributed by atoms with Crippen molar-refractivity contribution >= 4 is 16.7 Å². The molecule has 1 spiro atoms. The highest BCUT2D eigenvalue weighted by Gasteiger charge is 2.47. The number of ether oxygens (including phenoxy) is 2. The zero-order valence-corrected chi connectivity index (χ0v) is 32.6. The van der Waals surface area contributed by atoms with Crippen LogP contribution in [-0.4, -0.2) is 38.2 Å². The molecular formula is C48H52N4O5. The minimum absolute atomic E-state index is 0.0341. The minimum Gasteiger partial charge on any atom is -0.465 e. The predicted octanol–water partition coefficient (Wildman–Crippen LogP) is 7.55. The molecule has 0 unspecified atom stereocenters. The van der Waals surface area contributed by atoms with Gasteiger partial charge in [-0.3, -0.25) is 10.1 Å². The predicted molar refractivity (Wildman–Crippen MR) is 218 cm³/mol. The molecule has 3 aliphatic heterocycles. The molecule has 5 heterocycles. The molecule has 0 amide bonds. The summed E-state index contributed by atoms with van der Waals surface area (Å²) in [5.74, 6) is 12.2. The summed E-state index contributed by atoms with van der Waals surface area (Å²) in [6.45, 7) is 3.00. The van der Waals surface area contributed by atoms with Gasteiger partial charge in [-0.05, 0) is 102 Å². The van der Waals surface area contributed by atoms with E-state index < -0.39 is 29.8 Å². The summed E-state index contributed by atoms with van der Waals surface area (Å²) < 4.78 is 15.5. The van der Waals surface area contributed by atoms with Gasteiger partial charge in [-0.15, -0.1) is 0 Å². The lowest BCUT2D eigenvalue weighted by Crippen LogP contribution is -2.40. The maximum Gasteiger partial charge on any atom is 0.191 e. The molecule has 2 bridgehead atoms. The van der Waals surface area contributed by atoms with Crippen molar-refractivity contribution in [3.8, 4) is 35.4 Å². The first-order valence-corrected chi connectivity index (χ1v) is 21.1. The number of carbonyl (C=O) groups is 1. The van der Waals surface area contributed by atoms with Crippen LogP contribution in [0.15, 0.2) is 61.1 Å². The molecule has 9 atom stereocenters. The summed E-state index contributed by atoms with van der Waals surface area (Å²) in [5, 5.41) is 27.6. The third-order valence-corrected chi connectivity index (χ3v) is 14.1. The molecule has 10 rings (SSSR count). The van der Waals surface area contributed by atoms with Crippen molar-refractivity contribution in [2.75, 3.05) is 6.54 Å². The molecule has 294 valence electrons. The fraction of sp³-hybridized carbons (Fsp3) is 0.479. The number of H-pyrrole nitrogens is 1. The zero-order chi connectivity index (χ0) is 38.8. The lowest BCUT2D eigenvalue weighted by molar-refractivity contribution is -0.121. The number of benzene rings is 2. The van der Waals surface area contributed by atoms with Gasteiger partial charge < -0.3 is 35.0 Å². The fourth-order valence-electron chi connectivity index (χ4n) is 10.9. The van der Waals surface area contributed by atoms with Crippen molar-refractivity contribution in [1.29, 1.82) is 0 Å². The second-order valence-electron chi connectivity index (χ2n) is 17.6. The number of nitrogens with zero attached hydrogens (tertiary/aromatic N) is 1. The number of rotatable bonds is 6. The van der Waals surface area contributed by atoms with E-state index in [-0.39, 0.29) is 30.2 Å². The summed E-state index contributed by atoms with van der Waals surface area (Å²) in [6.07, 6.45) is 19.9. The molecule has 2 aromatic heterocycles. The first-order valence-electron chi connectivity index (χ1n) is 21.1. The standard InChI is InChI=1S/C48H52N4O5/c1-28-4-8-30(9-5-28)41(55)23-32(53)11-6-29-7-17-42-43(22-29)57-47-38(48(20-21-56-42)18-2-3-19-48)15-16-40(54)34-13-14-35-44-31(24-51-46(35)49)10-12-33(45(34)44)36-25-50-39-27-52(47)26-37(36)39/h4,7-8,13-14,17,22,25-28,30-31,33,38,40-41,46-47,50-51,54-55H,2-3,5-6,9-12,18-19,23-24,49H2,1H3/t28-,30-,31-,33-,38-,40-,41-,46-,47-/m0/s1. The molecule has 6 aliphatic rings. The van der Waals surface area contributed by atoms with Crippen LogP contribution in [0.25, 0.3) is 10.9 Å². The van der Waals surface area contributed by atoms with Gasteiger partial charge in [-0.2, -0.15) is 0 Å². The van der Waals surface area contributed by atoms with Crippen molar-refractivity contribution in [2.24, 2.45) is 28.9 Å². The van der Waals surface area contributed by atoms with Gasteiger partial charge in [0.2, 0.25) is 0 Å². The number of aromatic amines is 1. The van der Waals surface area contributed by atoms with Crippen molar-refractivity contribution < 1.29 is 24.5 Å². The van der Waals surface area contributed by atoms with Crippen LogP contribution in [0, 0.1) is 47.0 Å². The number of hydrogen-bond acceptors (Lipinski definition) is 7. The second-order valence-corrected chi connectivity index (χ2v) is 17.6. The SMILES string of the molecule is C[C@H]1C=C[C@H]([C@@H](O)CC(=O)CCc2ccc3c(c2)O[C@H]2[C@H](C#C[C@H](O)c4ccc5c6c4[C@@H](CC[C@H]6CN[C@@H]5N)c4c[nH]c5cn2cc45)C2(C#CO3)CCCC2)CC1. The smallest absolute Gasteiger partial charge is 0.191 e. The maximum absolute atomic E-state index is 13.1. The van der Waals surface area contributed by atoms with Crippen LogP contribution in [0.2, 0.25) is 0 Å². The molecule has 4 aromatic rings. The average Bonchev–Trinajstić information content (AvgIpc) is 3.96. The Morgan fingerprint density at radius 3 is 2.72 bits per heavy atom. The van der Waals surface area contributed by atoms with Crippen molar-refractivity contribution in [3.63, 3.8) is 0 Å². The number of nitrogens with one attached hydrogen (secondary N) is 2. The summed E-state index contributed by atoms with van der Waals surface area (Å²) in [7, 11) is 0. The van der Waals surface area contributed by atoms with Gasteiger partial charge in [0, 0.05) is 55.2 Å². The summed E-state index contributed by atoms with van der Waals surface area (Å²) >= 11 is 0. The van der Waals surface area contributed by atoms with Gasteiger partial charge in [0.1, 0.15) is 18.0 Å². The van der Waals surface area contributed by atoms with E-state index in [0.29, 0.717) is 36.2 Å². The van der Waals surface area contributed by atoms with Crippen molar-refractivity contribution in [1.82, 2.24) is 14.9 Å². The van der Waals surface area contributed by atoms with E-state index >= 15 is 0 Å². The van der Waals surface area contributed by atoms with Crippen molar-refractivity contribution in [2.45, 2.75) is 114 Å². The highest BCUT2D eigenvalue weighted by molar-refractivity contribution is 5.84. The molecular weight excluding hydrogens is 713 g/mol.